The van der Waals surface area contributed by atoms with E-state index >= 15 is 0 Å². The maximum absolute atomic E-state index is 12.0. The standard InChI is InChI=1S/C13H18N4O/c1-3-6-17-7-4-5-12(17)13(18)14-8-11-9-15-16-10(11)2/h4-5,7,9H,3,6,8H2,1-2H3,(H,14,18)(H,15,16). The molecule has 2 heterocycles. The molecule has 0 saturated heterocycles. The number of aromatic amines is 1. The molecule has 2 N–H and O–H groups in total. The van der Waals surface area contributed by atoms with Crippen LogP contribution in [0.25, 0.3) is 0 Å². The summed E-state index contributed by atoms with van der Waals surface area (Å²) in [5.41, 5.74) is 2.70. The summed E-state index contributed by atoms with van der Waals surface area (Å²) in [7, 11) is 0. The van der Waals surface area contributed by atoms with Crippen molar-refractivity contribution >= 4 is 5.91 Å². The van der Waals surface area contributed by atoms with Crippen molar-refractivity contribution in [3.63, 3.8) is 0 Å². The van der Waals surface area contributed by atoms with Gasteiger partial charge in [-0.1, -0.05) is 6.92 Å². The van der Waals surface area contributed by atoms with Gasteiger partial charge >= 0.3 is 0 Å². The zero-order valence-corrected chi connectivity index (χ0v) is 10.7. The number of carbonyl (C=O) groups excluding carboxylic acids is 1. The molecule has 0 fully saturated rings. The molecule has 5 heteroatoms. The van der Waals surface area contributed by atoms with E-state index < -0.39 is 0 Å². The van der Waals surface area contributed by atoms with Gasteiger partial charge in [0.05, 0.1) is 6.20 Å². The normalized spacial score (nSPS) is 10.6. The number of rotatable bonds is 5. The van der Waals surface area contributed by atoms with E-state index in [-0.39, 0.29) is 5.91 Å². The number of H-pyrrole nitrogens is 1. The highest BCUT2D eigenvalue weighted by atomic mass is 16.1. The predicted molar refractivity (Wildman–Crippen MR) is 69.2 cm³/mol. The Balaban J connectivity index is 1.99. The van der Waals surface area contributed by atoms with Crippen LogP contribution in [0, 0.1) is 6.92 Å². The summed E-state index contributed by atoms with van der Waals surface area (Å²) < 4.78 is 1.97. The maximum atomic E-state index is 12.0. The fourth-order valence-corrected chi connectivity index (χ4v) is 1.88. The smallest absolute Gasteiger partial charge is 0.268 e. The van der Waals surface area contributed by atoms with E-state index in [2.05, 4.69) is 22.4 Å². The topological polar surface area (TPSA) is 62.7 Å². The van der Waals surface area contributed by atoms with Gasteiger partial charge in [0.1, 0.15) is 5.69 Å². The van der Waals surface area contributed by atoms with Crippen molar-refractivity contribution in [3.8, 4) is 0 Å². The first-order valence-corrected chi connectivity index (χ1v) is 6.14. The van der Waals surface area contributed by atoms with Crippen LogP contribution in [0.3, 0.4) is 0 Å². The summed E-state index contributed by atoms with van der Waals surface area (Å²) in [5.74, 6) is -0.0472. The lowest BCUT2D eigenvalue weighted by atomic mass is 10.2. The van der Waals surface area contributed by atoms with E-state index in [1.807, 2.05) is 29.8 Å². The minimum absolute atomic E-state index is 0.0472. The van der Waals surface area contributed by atoms with Crippen molar-refractivity contribution in [1.82, 2.24) is 20.1 Å². The van der Waals surface area contributed by atoms with Crippen LogP contribution in [0.1, 0.15) is 35.1 Å². The maximum Gasteiger partial charge on any atom is 0.268 e. The van der Waals surface area contributed by atoms with Crippen molar-refractivity contribution in [3.05, 3.63) is 41.5 Å². The number of aromatic nitrogens is 3. The third-order valence-electron chi connectivity index (χ3n) is 2.90. The highest BCUT2D eigenvalue weighted by Crippen LogP contribution is 2.05. The number of nitrogens with zero attached hydrogens (tertiary/aromatic N) is 2. The molecular weight excluding hydrogens is 228 g/mol. The number of nitrogens with one attached hydrogen (secondary N) is 2. The fraction of sp³-hybridized carbons (Fsp3) is 0.385. The van der Waals surface area contributed by atoms with Crippen molar-refractivity contribution in [2.45, 2.75) is 33.4 Å². The molecule has 2 aromatic heterocycles. The number of hydrogen-bond acceptors (Lipinski definition) is 2. The second-order valence-corrected chi connectivity index (χ2v) is 4.29. The Kier molecular flexibility index (Phi) is 3.82. The number of aryl methyl sites for hydroxylation is 2. The van der Waals surface area contributed by atoms with E-state index in [0.29, 0.717) is 12.2 Å². The number of hydrogen-bond donors (Lipinski definition) is 2. The predicted octanol–water partition coefficient (Wildman–Crippen LogP) is 1.86. The Hall–Kier alpha value is -2.04. The van der Waals surface area contributed by atoms with E-state index in [9.17, 15) is 4.79 Å². The van der Waals surface area contributed by atoms with Gasteiger partial charge in [-0.2, -0.15) is 5.10 Å². The molecule has 0 aliphatic carbocycles. The summed E-state index contributed by atoms with van der Waals surface area (Å²) in [5, 5.41) is 9.69. The van der Waals surface area contributed by atoms with Crippen LogP contribution in [-0.4, -0.2) is 20.7 Å². The molecule has 2 rings (SSSR count). The average Bonchev–Trinajstić information content (AvgIpc) is 2.96. The number of carbonyl (C=O) groups is 1. The molecule has 0 saturated carbocycles. The van der Waals surface area contributed by atoms with E-state index in [4.69, 9.17) is 0 Å². The van der Waals surface area contributed by atoms with Crippen LogP contribution >= 0.6 is 0 Å². The van der Waals surface area contributed by atoms with Crippen molar-refractivity contribution in [2.75, 3.05) is 0 Å². The lowest BCUT2D eigenvalue weighted by Gasteiger charge is -2.08. The molecule has 0 atom stereocenters. The van der Waals surface area contributed by atoms with Gasteiger partial charge in [0.25, 0.3) is 5.91 Å². The van der Waals surface area contributed by atoms with Crippen molar-refractivity contribution < 1.29 is 4.79 Å². The van der Waals surface area contributed by atoms with E-state index in [0.717, 1.165) is 24.2 Å². The Morgan fingerprint density at radius 3 is 3.06 bits per heavy atom. The minimum Gasteiger partial charge on any atom is -0.347 e. The van der Waals surface area contributed by atoms with Crippen LogP contribution in [0.4, 0.5) is 0 Å². The van der Waals surface area contributed by atoms with Crippen LogP contribution in [-0.2, 0) is 13.1 Å². The van der Waals surface area contributed by atoms with Crippen molar-refractivity contribution in [2.24, 2.45) is 0 Å². The minimum atomic E-state index is -0.0472. The quantitative estimate of drug-likeness (QED) is 0.845. The zero-order chi connectivity index (χ0) is 13.0. The fourth-order valence-electron chi connectivity index (χ4n) is 1.88. The van der Waals surface area contributed by atoms with Crippen LogP contribution in [0.5, 0.6) is 0 Å². The summed E-state index contributed by atoms with van der Waals surface area (Å²) in [4.78, 5) is 12.0. The first-order chi connectivity index (χ1) is 8.72. The average molecular weight is 246 g/mol. The molecule has 5 nitrogen and oxygen atoms in total. The molecule has 1 amide bonds. The van der Waals surface area contributed by atoms with Gasteiger partial charge in [0, 0.05) is 30.5 Å². The van der Waals surface area contributed by atoms with Gasteiger partial charge < -0.3 is 9.88 Å². The Labute approximate surface area is 106 Å². The third-order valence-corrected chi connectivity index (χ3v) is 2.90. The van der Waals surface area contributed by atoms with Gasteiger partial charge in [-0.15, -0.1) is 0 Å². The molecule has 96 valence electrons. The first kappa shape index (κ1) is 12.4. The molecule has 0 bridgehead atoms. The van der Waals surface area contributed by atoms with Gasteiger partial charge in [-0.05, 0) is 25.5 Å². The highest BCUT2D eigenvalue weighted by molar-refractivity contribution is 5.92. The lowest BCUT2D eigenvalue weighted by molar-refractivity contribution is 0.0941. The second kappa shape index (κ2) is 5.53. The highest BCUT2D eigenvalue weighted by Gasteiger charge is 2.10. The molecule has 0 unspecified atom stereocenters. The molecule has 0 aliphatic heterocycles. The van der Waals surface area contributed by atoms with Gasteiger partial charge in [0.15, 0.2) is 0 Å². The van der Waals surface area contributed by atoms with Gasteiger partial charge in [-0.25, -0.2) is 0 Å². The summed E-state index contributed by atoms with van der Waals surface area (Å²) in [6.45, 7) is 5.39. The largest absolute Gasteiger partial charge is 0.347 e. The lowest BCUT2D eigenvalue weighted by Crippen LogP contribution is -2.25. The number of amides is 1. The van der Waals surface area contributed by atoms with Gasteiger partial charge in [-0.3, -0.25) is 9.89 Å². The first-order valence-electron chi connectivity index (χ1n) is 6.14. The Morgan fingerprint density at radius 2 is 2.39 bits per heavy atom. The Bertz CT molecular complexity index is 527. The molecule has 0 radical (unpaired) electrons. The van der Waals surface area contributed by atoms with E-state index in [1.165, 1.54) is 0 Å². The molecule has 0 spiro atoms. The summed E-state index contributed by atoms with van der Waals surface area (Å²) >= 11 is 0. The monoisotopic (exact) mass is 246 g/mol. The zero-order valence-electron chi connectivity index (χ0n) is 10.7. The van der Waals surface area contributed by atoms with Crippen molar-refractivity contribution in [1.29, 1.82) is 0 Å². The molecular formula is C13H18N4O. The third kappa shape index (κ3) is 2.61. The second-order valence-electron chi connectivity index (χ2n) is 4.29. The van der Waals surface area contributed by atoms with Crippen LogP contribution < -0.4 is 5.32 Å². The van der Waals surface area contributed by atoms with Crippen LogP contribution in [0.2, 0.25) is 0 Å². The molecule has 0 aliphatic rings. The summed E-state index contributed by atoms with van der Waals surface area (Å²) in [6.07, 6.45) is 4.68. The Morgan fingerprint density at radius 1 is 1.56 bits per heavy atom. The van der Waals surface area contributed by atoms with E-state index in [1.54, 1.807) is 6.20 Å². The SMILES string of the molecule is CCCn1cccc1C(=O)NCc1cn[nH]c1C. The molecule has 0 aromatic carbocycles. The van der Waals surface area contributed by atoms with Gasteiger partial charge in [0.2, 0.25) is 0 Å². The summed E-state index contributed by atoms with van der Waals surface area (Å²) in [6, 6.07) is 3.74. The molecule has 18 heavy (non-hydrogen) atoms. The molecule has 2 aromatic rings. The van der Waals surface area contributed by atoms with Crippen LogP contribution in [0.15, 0.2) is 24.5 Å².